The molecule has 0 aliphatic heterocycles. The van der Waals surface area contributed by atoms with Crippen LogP contribution >= 0.6 is 0 Å². The second kappa shape index (κ2) is 9.38. The molecule has 0 unspecified atom stereocenters. The number of nitrogens with zero attached hydrogens (tertiary/aromatic N) is 3. The lowest BCUT2D eigenvalue weighted by atomic mass is 9.81. The van der Waals surface area contributed by atoms with Crippen LogP contribution in [0.25, 0.3) is 5.57 Å². The van der Waals surface area contributed by atoms with Gasteiger partial charge in [0.2, 0.25) is 0 Å². The highest BCUT2D eigenvalue weighted by Gasteiger charge is 2.23. The first kappa shape index (κ1) is 19.9. The van der Waals surface area contributed by atoms with Gasteiger partial charge in [-0.15, -0.1) is 0 Å². The van der Waals surface area contributed by atoms with Crippen LogP contribution in [0.3, 0.4) is 0 Å². The third kappa shape index (κ3) is 5.33. The van der Waals surface area contributed by atoms with Gasteiger partial charge in [0.1, 0.15) is 0 Å². The largest absolute Gasteiger partial charge is 0.371 e. The van der Waals surface area contributed by atoms with Crippen molar-refractivity contribution < 1.29 is 0 Å². The number of allylic oxidation sites excluding steroid dienone is 2. The zero-order chi connectivity index (χ0) is 19.2. The molecule has 2 fully saturated rings. The second-order valence-corrected chi connectivity index (χ2v) is 8.58. The lowest BCUT2D eigenvalue weighted by Gasteiger charge is -2.26. The minimum Gasteiger partial charge on any atom is -0.371 e. The molecular formula is C23H36N4. The second-order valence-electron chi connectivity index (χ2n) is 8.58. The predicted molar refractivity (Wildman–Crippen MR) is 115 cm³/mol. The average molecular weight is 369 g/mol. The summed E-state index contributed by atoms with van der Waals surface area (Å²) in [7, 11) is 0. The zero-order valence-corrected chi connectivity index (χ0v) is 17.4. The minimum absolute atomic E-state index is 0.380. The highest BCUT2D eigenvalue weighted by Crippen LogP contribution is 2.33. The summed E-state index contributed by atoms with van der Waals surface area (Å²) in [4.78, 5) is 4.58. The molecule has 0 spiro atoms. The minimum atomic E-state index is 0.380. The van der Waals surface area contributed by atoms with Crippen molar-refractivity contribution in [1.29, 1.82) is 0 Å². The van der Waals surface area contributed by atoms with E-state index < -0.39 is 0 Å². The van der Waals surface area contributed by atoms with E-state index in [9.17, 15) is 0 Å². The fourth-order valence-corrected chi connectivity index (χ4v) is 4.18. The smallest absolute Gasteiger partial charge is 0.0985 e. The van der Waals surface area contributed by atoms with Crippen molar-refractivity contribution in [2.24, 2.45) is 10.9 Å². The summed E-state index contributed by atoms with van der Waals surface area (Å²) in [6.45, 7) is 10.7. The first-order valence-electron chi connectivity index (χ1n) is 10.8. The van der Waals surface area contributed by atoms with Crippen molar-refractivity contribution in [3.63, 3.8) is 0 Å². The van der Waals surface area contributed by atoms with Crippen LogP contribution < -0.4 is 5.32 Å². The molecule has 1 aromatic heterocycles. The summed E-state index contributed by atoms with van der Waals surface area (Å²) in [5, 5.41) is 8.20. The van der Waals surface area contributed by atoms with E-state index in [1.165, 1.54) is 62.6 Å². The Morgan fingerprint density at radius 2 is 2.00 bits per heavy atom. The molecule has 2 aliphatic rings. The summed E-state index contributed by atoms with van der Waals surface area (Å²) >= 11 is 0. The van der Waals surface area contributed by atoms with Crippen molar-refractivity contribution in [2.75, 3.05) is 0 Å². The molecule has 2 saturated carbocycles. The van der Waals surface area contributed by atoms with E-state index in [0.29, 0.717) is 12.1 Å². The maximum atomic E-state index is 4.64. The van der Waals surface area contributed by atoms with Gasteiger partial charge in [0.25, 0.3) is 0 Å². The molecule has 1 N–H and O–H groups in total. The van der Waals surface area contributed by atoms with E-state index >= 15 is 0 Å². The number of rotatable bonds is 7. The number of aromatic nitrogens is 2. The number of hydrogen-bond donors (Lipinski definition) is 1. The van der Waals surface area contributed by atoms with Crippen LogP contribution in [0.15, 0.2) is 30.0 Å². The van der Waals surface area contributed by atoms with Crippen LogP contribution in [-0.2, 0) is 6.42 Å². The first-order chi connectivity index (χ1) is 13.0. The van der Waals surface area contributed by atoms with Crippen LogP contribution in [0.2, 0.25) is 0 Å². The van der Waals surface area contributed by atoms with Crippen molar-refractivity contribution >= 4 is 11.4 Å². The Labute approximate surface area is 164 Å². The quantitative estimate of drug-likeness (QED) is 0.382. The number of hydrogen-bond acceptors (Lipinski definition) is 2. The van der Waals surface area contributed by atoms with Gasteiger partial charge in [-0.3, -0.25) is 4.68 Å². The lowest BCUT2D eigenvalue weighted by molar-refractivity contribution is 0.304. The van der Waals surface area contributed by atoms with Gasteiger partial charge in [0, 0.05) is 29.5 Å². The van der Waals surface area contributed by atoms with Gasteiger partial charge in [0.05, 0.1) is 12.0 Å². The van der Waals surface area contributed by atoms with Crippen LogP contribution in [0.5, 0.6) is 0 Å². The topological polar surface area (TPSA) is 42.2 Å². The van der Waals surface area contributed by atoms with Crippen LogP contribution in [0, 0.1) is 5.92 Å². The molecule has 0 radical (unpaired) electrons. The molecule has 148 valence electrons. The molecule has 4 heteroatoms. The maximum absolute atomic E-state index is 4.64. The number of amidine groups is 1. The Kier molecular flexibility index (Phi) is 6.92. The first-order valence-corrected chi connectivity index (χ1v) is 10.8. The van der Waals surface area contributed by atoms with Gasteiger partial charge in [-0.2, -0.15) is 5.10 Å². The molecule has 27 heavy (non-hydrogen) atoms. The predicted octanol–water partition coefficient (Wildman–Crippen LogP) is 5.67. The van der Waals surface area contributed by atoms with Crippen molar-refractivity contribution in [3.05, 3.63) is 36.3 Å². The molecule has 0 atom stereocenters. The van der Waals surface area contributed by atoms with E-state index in [1.807, 2.05) is 18.5 Å². The van der Waals surface area contributed by atoms with Gasteiger partial charge in [-0.05, 0) is 57.6 Å². The van der Waals surface area contributed by atoms with E-state index in [0.717, 1.165) is 23.7 Å². The number of nitrogens with one attached hydrogen (secondary N) is 1. The molecule has 0 saturated heterocycles. The summed E-state index contributed by atoms with van der Waals surface area (Å²) in [6.07, 6.45) is 17.7. The van der Waals surface area contributed by atoms with Crippen molar-refractivity contribution in [1.82, 2.24) is 15.1 Å². The SMILES string of the molecule is C=C(/C=C\N=C(/C)NC1CCCCC1)c1cnn(C(C)C)c1CC1CCC1. The van der Waals surface area contributed by atoms with Crippen LogP contribution in [0.1, 0.15) is 89.4 Å². The van der Waals surface area contributed by atoms with Gasteiger partial charge < -0.3 is 5.32 Å². The molecule has 0 amide bonds. The summed E-state index contributed by atoms with van der Waals surface area (Å²) in [6, 6.07) is 0.975. The zero-order valence-electron chi connectivity index (χ0n) is 17.4. The van der Waals surface area contributed by atoms with E-state index in [2.05, 4.69) is 47.4 Å². The molecular weight excluding hydrogens is 332 g/mol. The Morgan fingerprint density at radius 1 is 1.26 bits per heavy atom. The summed E-state index contributed by atoms with van der Waals surface area (Å²) in [5.41, 5.74) is 3.52. The third-order valence-electron chi connectivity index (χ3n) is 6.00. The van der Waals surface area contributed by atoms with E-state index in [1.54, 1.807) is 0 Å². The van der Waals surface area contributed by atoms with E-state index in [4.69, 9.17) is 0 Å². The van der Waals surface area contributed by atoms with Gasteiger partial charge >= 0.3 is 0 Å². The fourth-order valence-electron chi connectivity index (χ4n) is 4.18. The normalized spacial score (nSPS) is 19.6. The van der Waals surface area contributed by atoms with E-state index in [-0.39, 0.29) is 0 Å². The average Bonchev–Trinajstić information content (AvgIpc) is 3.03. The molecule has 0 aromatic carbocycles. The Hall–Kier alpha value is -1.84. The Bertz CT molecular complexity index is 685. The Balaban J connectivity index is 1.64. The third-order valence-corrected chi connectivity index (χ3v) is 6.00. The molecule has 1 aromatic rings. The summed E-state index contributed by atoms with van der Waals surface area (Å²) < 4.78 is 2.17. The standard InChI is InChI=1S/C23H36N4/c1-17(2)27-23(15-20-9-8-10-20)22(16-25-27)18(3)13-14-24-19(4)26-21-11-6-5-7-12-21/h13-14,16-17,20-21H,3,5-12,15H2,1-2,4H3,(H,24,26)/b14-13-. The highest BCUT2D eigenvalue weighted by molar-refractivity contribution is 5.81. The van der Waals surface area contributed by atoms with Gasteiger partial charge in [0.15, 0.2) is 0 Å². The lowest BCUT2D eigenvalue weighted by Crippen LogP contribution is -2.34. The maximum Gasteiger partial charge on any atom is 0.0985 e. The van der Waals surface area contributed by atoms with Gasteiger partial charge in [-0.25, -0.2) is 4.99 Å². The molecule has 2 aliphatic carbocycles. The van der Waals surface area contributed by atoms with Crippen LogP contribution in [-0.4, -0.2) is 21.7 Å². The monoisotopic (exact) mass is 368 g/mol. The molecule has 0 bridgehead atoms. The van der Waals surface area contributed by atoms with Crippen molar-refractivity contribution in [3.8, 4) is 0 Å². The Morgan fingerprint density at radius 3 is 2.63 bits per heavy atom. The highest BCUT2D eigenvalue weighted by atomic mass is 15.3. The fraction of sp³-hybridized carbons (Fsp3) is 0.652. The van der Waals surface area contributed by atoms with Gasteiger partial charge in [-0.1, -0.05) is 45.1 Å². The molecule has 1 heterocycles. The molecule has 3 rings (SSSR count). The number of aliphatic imine (C=N–C) groups is 1. The summed E-state index contributed by atoms with van der Waals surface area (Å²) in [5.74, 6) is 1.81. The molecule has 4 nitrogen and oxygen atoms in total. The van der Waals surface area contributed by atoms with Crippen molar-refractivity contribution in [2.45, 2.75) is 90.6 Å². The van der Waals surface area contributed by atoms with Crippen LogP contribution in [0.4, 0.5) is 0 Å².